The Morgan fingerprint density at radius 3 is 2.27 bits per heavy atom. The SMILES string of the molecule is CC(=O)OC[C@]12CC[C@@H](O)C(C)(C)C1CC[C@]1(C)[C@@H]2CC=C2[C@H]3CC(C)(C)CC[C@]3(C(=O)O)CC[C@]21C. The highest BCUT2D eigenvalue weighted by Gasteiger charge is 2.70. The molecule has 0 saturated heterocycles. The number of carbonyl (C=O) groups is 2. The lowest BCUT2D eigenvalue weighted by Crippen LogP contribution is -2.66. The maximum atomic E-state index is 12.9. The summed E-state index contributed by atoms with van der Waals surface area (Å²) in [4.78, 5) is 24.9. The maximum absolute atomic E-state index is 12.9. The third-order valence-corrected chi connectivity index (χ3v) is 13.3. The number of aliphatic hydroxyl groups is 1. The van der Waals surface area contributed by atoms with E-state index in [4.69, 9.17) is 4.74 Å². The van der Waals surface area contributed by atoms with Gasteiger partial charge in [-0.25, -0.2) is 0 Å². The first-order valence-electron chi connectivity index (χ1n) is 14.8. The second-order valence-corrected chi connectivity index (χ2v) is 15.6. The van der Waals surface area contributed by atoms with E-state index in [1.165, 1.54) is 12.5 Å². The molecule has 0 heterocycles. The van der Waals surface area contributed by atoms with Crippen LogP contribution in [-0.4, -0.2) is 34.9 Å². The molecular weight excluding hydrogens is 464 g/mol. The smallest absolute Gasteiger partial charge is 0.310 e. The van der Waals surface area contributed by atoms with Gasteiger partial charge < -0.3 is 14.9 Å². The zero-order chi connectivity index (χ0) is 27.2. The molecule has 208 valence electrons. The number of ether oxygens (including phenoxy) is 1. The van der Waals surface area contributed by atoms with Crippen LogP contribution < -0.4 is 0 Å². The van der Waals surface area contributed by atoms with E-state index in [0.717, 1.165) is 64.2 Å². The van der Waals surface area contributed by atoms with Crippen molar-refractivity contribution in [3.8, 4) is 0 Å². The molecular formula is C32H50O5. The number of aliphatic hydroxyl groups excluding tert-OH is 1. The number of rotatable bonds is 3. The van der Waals surface area contributed by atoms with Crippen LogP contribution in [0.3, 0.4) is 0 Å². The maximum Gasteiger partial charge on any atom is 0.310 e. The minimum absolute atomic E-state index is 0.00163. The van der Waals surface area contributed by atoms with Gasteiger partial charge in [-0.1, -0.05) is 53.2 Å². The number of carboxylic acids is 1. The van der Waals surface area contributed by atoms with Crippen molar-refractivity contribution in [3.63, 3.8) is 0 Å². The van der Waals surface area contributed by atoms with Crippen LogP contribution in [0.2, 0.25) is 0 Å². The summed E-state index contributed by atoms with van der Waals surface area (Å²) in [6.07, 6.45) is 11.1. The van der Waals surface area contributed by atoms with Gasteiger partial charge in [0, 0.05) is 12.3 Å². The summed E-state index contributed by atoms with van der Waals surface area (Å²) < 4.78 is 5.87. The van der Waals surface area contributed by atoms with Crippen molar-refractivity contribution < 1.29 is 24.5 Å². The van der Waals surface area contributed by atoms with Gasteiger partial charge in [0.05, 0.1) is 18.1 Å². The van der Waals surface area contributed by atoms with Crippen molar-refractivity contribution in [2.24, 2.45) is 50.2 Å². The van der Waals surface area contributed by atoms with E-state index < -0.39 is 11.4 Å². The second-order valence-electron chi connectivity index (χ2n) is 15.6. The van der Waals surface area contributed by atoms with Gasteiger partial charge in [-0.2, -0.15) is 0 Å². The van der Waals surface area contributed by atoms with E-state index >= 15 is 0 Å². The van der Waals surface area contributed by atoms with Gasteiger partial charge in [0.15, 0.2) is 0 Å². The number of fused-ring (bicyclic) bond motifs is 7. The zero-order valence-electron chi connectivity index (χ0n) is 24.3. The summed E-state index contributed by atoms with van der Waals surface area (Å²) in [6, 6.07) is 0. The minimum atomic E-state index is -0.631. The molecule has 0 aromatic rings. The molecule has 0 aliphatic heterocycles. The molecule has 37 heavy (non-hydrogen) atoms. The van der Waals surface area contributed by atoms with Crippen molar-refractivity contribution in [1.82, 2.24) is 0 Å². The molecule has 0 aromatic carbocycles. The predicted octanol–water partition coefficient (Wildman–Crippen LogP) is 6.78. The van der Waals surface area contributed by atoms with Gasteiger partial charge >= 0.3 is 11.9 Å². The molecule has 0 bridgehead atoms. The standard InChI is InChI=1S/C32H50O5/c1-20(33)37-19-32-13-11-25(34)28(4,5)23(32)10-12-30(7)24(32)9-8-21-22-18-27(2,3)14-16-31(22,26(35)36)17-15-29(21,30)6/h8,22-25,34H,9-19H2,1-7H3,(H,35,36)/t22-,23?,24+,25-,29-,30-,31+,32-/m1/s1. The molecule has 1 unspecified atom stereocenters. The Kier molecular flexibility index (Phi) is 6.12. The molecule has 4 fully saturated rings. The summed E-state index contributed by atoms with van der Waals surface area (Å²) in [5.74, 6) is -0.100. The van der Waals surface area contributed by atoms with Crippen molar-refractivity contribution in [1.29, 1.82) is 0 Å². The zero-order valence-corrected chi connectivity index (χ0v) is 24.3. The molecule has 5 aliphatic rings. The van der Waals surface area contributed by atoms with Crippen molar-refractivity contribution in [2.45, 2.75) is 119 Å². The normalized spacial score (nSPS) is 47.8. The topological polar surface area (TPSA) is 83.8 Å². The monoisotopic (exact) mass is 514 g/mol. The Morgan fingerprint density at radius 1 is 0.946 bits per heavy atom. The van der Waals surface area contributed by atoms with Crippen LogP contribution in [0.4, 0.5) is 0 Å². The molecule has 4 saturated carbocycles. The Morgan fingerprint density at radius 2 is 1.62 bits per heavy atom. The molecule has 5 heteroatoms. The Hall–Kier alpha value is -1.36. The van der Waals surface area contributed by atoms with E-state index in [9.17, 15) is 19.8 Å². The highest BCUT2D eigenvalue weighted by molar-refractivity contribution is 5.76. The number of carbonyl (C=O) groups excluding carboxylic acids is 1. The number of carboxylic acid groups (broad SMARTS) is 1. The first-order valence-corrected chi connectivity index (χ1v) is 14.8. The molecule has 5 nitrogen and oxygen atoms in total. The van der Waals surface area contributed by atoms with Crippen LogP contribution >= 0.6 is 0 Å². The molecule has 5 rings (SSSR count). The number of hydrogen-bond donors (Lipinski definition) is 2. The van der Waals surface area contributed by atoms with Crippen molar-refractivity contribution in [3.05, 3.63) is 11.6 Å². The van der Waals surface area contributed by atoms with Gasteiger partial charge in [0.25, 0.3) is 0 Å². The summed E-state index contributed by atoms with van der Waals surface area (Å²) in [5.41, 5.74) is 0.470. The fourth-order valence-corrected chi connectivity index (χ4v) is 10.8. The van der Waals surface area contributed by atoms with Gasteiger partial charge in [-0.3, -0.25) is 9.59 Å². The lowest BCUT2D eigenvalue weighted by molar-refractivity contribution is -0.227. The molecule has 8 atom stereocenters. The van der Waals surface area contributed by atoms with Crippen molar-refractivity contribution >= 4 is 11.9 Å². The summed E-state index contributed by atoms with van der Waals surface area (Å²) in [6.45, 7) is 15.9. The summed E-state index contributed by atoms with van der Waals surface area (Å²) >= 11 is 0. The molecule has 0 aromatic heterocycles. The van der Waals surface area contributed by atoms with Crippen LogP contribution in [-0.2, 0) is 14.3 Å². The van der Waals surface area contributed by atoms with E-state index in [0.29, 0.717) is 12.5 Å². The van der Waals surface area contributed by atoms with Crippen LogP contribution in [0.15, 0.2) is 11.6 Å². The number of hydrogen-bond acceptors (Lipinski definition) is 4. The minimum Gasteiger partial charge on any atom is -0.481 e. The lowest BCUT2D eigenvalue weighted by Gasteiger charge is -2.71. The van der Waals surface area contributed by atoms with Crippen LogP contribution in [0, 0.1) is 50.2 Å². The van der Waals surface area contributed by atoms with Gasteiger partial charge in [0.2, 0.25) is 0 Å². The van der Waals surface area contributed by atoms with Crippen LogP contribution in [0.5, 0.6) is 0 Å². The van der Waals surface area contributed by atoms with E-state index in [-0.39, 0.29) is 51.0 Å². The predicted molar refractivity (Wildman–Crippen MR) is 144 cm³/mol. The number of aliphatic carboxylic acids is 1. The Balaban J connectivity index is 1.63. The molecule has 0 amide bonds. The fraction of sp³-hybridized carbons (Fsp3) is 0.875. The Labute approximate surface area is 223 Å². The lowest BCUT2D eigenvalue weighted by atomic mass is 9.33. The van der Waals surface area contributed by atoms with Gasteiger partial charge in [0.1, 0.15) is 0 Å². The van der Waals surface area contributed by atoms with Crippen LogP contribution in [0.1, 0.15) is 113 Å². The average molecular weight is 515 g/mol. The quantitative estimate of drug-likeness (QED) is 0.320. The Bertz CT molecular complexity index is 1010. The highest BCUT2D eigenvalue weighted by atomic mass is 16.5. The fourth-order valence-electron chi connectivity index (χ4n) is 10.8. The third-order valence-electron chi connectivity index (χ3n) is 13.3. The number of allylic oxidation sites excluding steroid dienone is 2. The first kappa shape index (κ1) is 27.2. The molecule has 2 N–H and O–H groups in total. The second kappa shape index (κ2) is 8.32. The summed E-state index contributed by atoms with van der Waals surface area (Å²) in [7, 11) is 0. The third kappa shape index (κ3) is 3.57. The van der Waals surface area contributed by atoms with Gasteiger partial charge in [-0.05, 0) is 104 Å². The summed E-state index contributed by atoms with van der Waals surface area (Å²) in [5, 5.41) is 21.6. The largest absolute Gasteiger partial charge is 0.481 e. The first-order chi connectivity index (χ1) is 17.1. The van der Waals surface area contributed by atoms with E-state index in [1.807, 2.05) is 0 Å². The van der Waals surface area contributed by atoms with Crippen molar-refractivity contribution in [2.75, 3.05) is 6.61 Å². The highest BCUT2D eigenvalue weighted by Crippen LogP contribution is 2.75. The molecule has 5 aliphatic carbocycles. The molecule has 0 spiro atoms. The molecule has 0 radical (unpaired) electrons. The average Bonchev–Trinajstić information content (AvgIpc) is 2.80. The number of esters is 1. The van der Waals surface area contributed by atoms with Crippen LogP contribution in [0.25, 0.3) is 0 Å². The van der Waals surface area contributed by atoms with Gasteiger partial charge in [-0.15, -0.1) is 0 Å². The van der Waals surface area contributed by atoms with E-state index in [2.05, 4.69) is 47.6 Å². The van der Waals surface area contributed by atoms with E-state index in [1.54, 1.807) is 0 Å².